The van der Waals surface area contributed by atoms with Crippen molar-refractivity contribution in [2.75, 3.05) is 5.32 Å². The van der Waals surface area contributed by atoms with Crippen LogP contribution in [0.1, 0.15) is 69.9 Å². The number of carbonyl (C=O) groups excluding carboxylic acids is 1. The number of nitrogens with one attached hydrogen (secondary N) is 1. The van der Waals surface area contributed by atoms with Gasteiger partial charge in [0.05, 0.1) is 0 Å². The third-order valence-corrected chi connectivity index (χ3v) is 6.23. The fraction of sp³-hybridized carbons (Fsp3) is 0.321. The molecule has 159 valence electrons. The average Bonchev–Trinajstić information content (AvgIpc) is 2.71. The van der Waals surface area contributed by atoms with E-state index in [4.69, 9.17) is 0 Å². The lowest BCUT2D eigenvalue weighted by Crippen LogP contribution is -2.34. The van der Waals surface area contributed by atoms with E-state index in [2.05, 4.69) is 97.5 Å². The minimum atomic E-state index is -0.0727. The van der Waals surface area contributed by atoms with Crippen LogP contribution in [0.2, 0.25) is 0 Å². The van der Waals surface area contributed by atoms with Crippen molar-refractivity contribution in [3.8, 4) is 0 Å². The summed E-state index contributed by atoms with van der Waals surface area (Å²) < 4.78 is 0. The van der Waals surface area contributed by atoms with Gasteiger partial charge in [0.25, 0.3) is 5.91 Å². The first-order chi connectivity index (χ1) is 14.7. The summed E-state index contributed by atoms with van der Waals surface area (Å²) in [7, 11) is 2.27. The van der Waals surface area contributed by atoms with Gasteiger partial charge in [0.1, 0.15) is 0 Å². The molecule has 0 fully saturated rings. The van der Waals surface area contributed by atoms with Gasteiger partial charge in [-0.3, -0.25) is 4.79 Å². The van der Waals surface area contributed by atoms with Crippen LogP contribution in [0.25, 0.3) is 0 Å². The predicted molar refractivity (Wildman–Crippen MR) is 135 cm³/mol. The van der Waals surface area contributed by atoms with Gasteiger partial charge in [0, 0.05) is 11.3 Å². The van der Waals surface area contributed by atoms with Gasteiger partial charge >= 0.3 is 0 Å². The Morgan fingerprint density at radius 1 is 0.839 bits per heavy atom. The lowest BCUT2D eigenvalue weighted by Gasteiger charge is -2.16. The van der Waals surface area contributed by atoms with Crippen molar-refractivity contribution >= 4 is 29.8 Å². The normalized spacial score (nSPS) is 11.8. The van der Waals surface area contributed by atoms with Crippen LogP contribution in [0.5, 0.6) is 0 Å². The van der Waals surface area contributed by atoms with Crippen LogP contribution in [-0.4, -0.2) is 13.2 Å². The van der Waals surface area contributed by atoms with Gasteiger partial charge in [-0.05, 0) is 76.8 Å². The lowest BCUT2D eigenvalue weighted by molar-refractivity contribution is 0.102. The molecule has 3 rings (SSSR count). The number of anilines is 1. The monoisotopic (exact) mass is 410 g/mol. The molecular weight excluding hydrogens is 377 g/mol. The van der Waals surface area contributed by atoms with Crippen LogP contribution in [0.4, 0.5) is 5.69 Å². The lowest BCUT2D eigenvalue weighted by atomic mass is 9.58. The third kappa shape index (κ3) is 5.28. The van der Waals surface area contributed by atoms with E-state index in [1.807, 2.05) is 12.1 Å². The molecule has 0 bridgehead atoms. The van der Waals surface area contributed by atoms with E-state index in [1.165, 1.54) is 33.2 Å². The minimum absolute atomic E-state index is 0.0727. The maximum atomic E-state index is 12.8. The highest BCUT2D eigenvalue weighted by molar-refractivity contribution is 6.69. The Balaban J connectivity index is 1.80. The summed E-state index contributed by atoms with van der Waals surface area (Å²) in [5.74, 6) is 0.434. The summed E-state index contributed by atoms with van der Waals surface area (Å²) in [4.78, 5) is 12.8. The summed E-state index contributed by atoms with van der Waals surface area (Å²) in [6, 6.07) is 16.5. The minimum Gasteiger partial charge on any atom is -0.322 e. The van der Waals surface area contributed by atoms with Gasteiger partial charge in [0.15, 0.2) is 7.28 Å². The molecular formula is C28H33BNO. The first-order valence-corrected chi connectivity index (χ1v) is 11.1. The van der Waals surface area contributed by atoms with Gasteiger partial charge in [-0.25, -0.2) is 0 Å². The van der Waals surface area contributed by atoms with E-state index in [-0.39, 0.29) is 5.91 Å². The second-order valence-corrected chi connectivity index (χ2v) is 8.87. The van der Waals surface area contributed by atoms with Gasteiger partial charge in [0.2, 0.25) is 0 Å². The number of aryl methyl sites for hydroxylation is 5. The van der Waals surface area contributed by atoms with E-state index in [0.29, 0.717) is 11.5 Å². The quantitative estimate of drug-likeness (QED) is 0.523. The molecule has 2 nitrogen and oxygen atoms in total. The maximum absolute atomic E-state index is 12.8. The molecule has 0 aromatic heterocycles. The zero-order chi connectivity index (χ0) is 22.7. The average molecular weight is 410 g/mol. The molecule has 1 N–H and O–H groups in total. The SMILES string of the molecule is CCC(C)c1ccc(C(=O)Nc2cc(C)c([B]c3c(C)cc(C)cc3C)c(C)c2)cc1. The molecule has 3 aromatic carbocycles. The molecule has 3 heteroatoms. The van der Waals surface area contributed by atoms with Crippen molar-refractivity contribution < 1.29 is 4.79 Å². The molecule has 0 saturated carbocycles. The highest BCUT2D eigenvalue weighted by atomic mass is 16.1. The molecule has 0 heterocycles. The summed E-state index contributed by atoms with van der Waals surface area (Å²) >= 11 is 0. The maximum Gasteiger partial charge on any atom is 0.255 e. The van der Waals surface area contributed by atoms with E-state index >= 15 is 0 Å². The molecule has 3 aromatic rings. The van der Waals surface area contributed by atoms with Gasteiger partial charge in [-0.15, -0.1) is 0 Å². The van der Waals surface area contributed by atoms with Crippen LogP contribution in [0, 0.1) is 34.6 Å². The van der Waals surface area contributed by atoms with Crippen molar-refractivity contribution in [2.45, 2.75) is 60.8 Å². The van der Waals surface area contributed by atoms with Crippen LogP contribution < -0.4 is 16.2 Å². The van der Waals surface area contributed by atoms with Crippen molar-refractivity contribution in [3.63, 3.8) is 0 Å². The van der Waals surface area contributed by atoms with Crippen LogP contribution in [0.15, 0.2) is 48.5 Å². The fourth-order valence-corrected chi connectivity index (χ4v) is 4.24. The standard InChI is InChI=1S/C28H33BNO/c1-8-18(3)23-9-11-24(12-10-23)28(31)30-25-15-21(6)27(22(7)16-25)29-26-19(4)13-17(2)14-20(26)5/h9-16,18H,8H2,1-7H3,(H,30,31). The van der Waals surface area contributed by atoms with Crippen molar-refractivity contribution in [3.05, 3.63) is 87.5 Å². The molecule has 1 unspecified atom stereocenters. The Kier molecular flexibility index (Phi) is 7.05. The Hall–Kier alpha value is -2.81. The first kappa shape index (κ1) is 22.9. The first-order valence-electron chi connectivity index (χ1n) is 11.1. The summed E-state index contributed by atoms with van der Waals surface area (Å²) in [6.45, 7) is 15.1. The smallest absolute Gasteiger partial charge is 0.255 e. The fourth-order valence-electron chi connectivity index (χ4n) is 4.24. The number of amides is 1. The topological polar surface area (TPSA) is 29.1 Å². The molecule has 1 amide bonds. The number of benzene rings is 3. The predicted octanol–water partition coefficient (Wildman–Crippen LogP) is 5.65. The number of hydrogen-bond acceptors (Lipinski definition) is 1. The number of hydrogen-bond donors (Lipinski definition) is 1. The molecule has 0 aliphatic rings. The Morgan fingerprint density at radius 3 is 1.81 bits per heavy atom. The molecule has 31 heavy (non-hydrogen) atoms. The molecule has 1 atom stereocenters. The molecule has 1 radical (unpaired) electrons. The summed E-state index contributed by atoms with van der Waals surface area (Å²) in [5, 5.41) is 3.07. The van der Waals surface area contributed by atoms with Gasteiger partial charge < -0.3 is 5.32 Å². The summed E-state index contributed by atoms with van der Waals surface area (Å²) in [6.07, 6.45) is 1.09. The van der Waals surface area contributed by atoms with E-state index in [9.17, 15) is 4.79 Å². The van der Waals surface area contributed by atoms with Crippen molar-refractivity contribution in [2.24, 2.45) is 0 Å². The van der Waals surface area contributed by atoms with Gasteiger partial charge in [-0.2, -0.15) is 0 Å². The number of rotatable bonds is 6. The number of carbonyl (C=O) groups is 1. The van der Waals surface area contributed by atoms with Gasteiger partial charge in [-0.1, -0.05) is 76.9 Å². The zero-order valence-corrected chi connectivity index (χ0v) is 19.9. The molecule has 0 saturated heterocycles. The van der Waals surface area contributed by atoms with Crippen LogP contribution >= 0.6 is 0 Å². The van der Waals surface area contributed by atoms with Crippen molar-refractivity contribution in [1.29, 1.82) is 0 Å². The Labute approximate surface area is 188 Å². The van der Waals surface area contributed by atoms with Crippen LogP contribution in [0.3, 0.4) is 0 Å². The van der Waals surface area contributed by atoms with E-state index < -0.39 is 0 Å². The second kappa shape index (κ2) is 9.55. The second-order valence-electron chi connectivity index (χ2n) is 8.87. The third-order valence-electron chi connectivity index (χ3n) is 6.23. The van der Waals surface area contributed by atoms with Crippen molar-refractivity contribution in [1.82, 2.24) is 0 Å². The van der Waals surface area contributed by atoms with E-state index in [1.54, 1.807) is 0 Å². The Morgan fingerprint density at radius 2 is 1.32 bits per heavy atom. The van der Waals surface area contributed by atoms with Crippen LogP contribution in [-0.2, 0) is 0 Å². The molecule has 0 spiro atoms. The highest BCUT2D eigenvalue weighted by Crippen LogP contribution is 2.20. The Bertz CT molecular complexity index is 1050. The van der Waals surface area contributed by atoms with E-state index in [0.717, 1.165) is 23.2 Å². The highest BCUT2D eigenvalue weighted by Gasteiger charge is 2.14. The zero-order valence-electron chi connectivity index (χ0n) is 19.9. The summed E-state index contributed by atoms with van der Waals surface area (Å²) in [5.41, 5.74) is 11.4. The largest absolute Gasteiger partial charge is 0.322 e. The molecule has 0 aliphatic carbocycles. The molecule has 0 aliphatic heterocycles.